The van der Waals surface area contributed by atoms with Crippen molar-refractivity contribution in [3.05, 3.63) is 54.4 Å². The van der Waals surface area contributed by atoms with E-state index in [2.05, 4.69) is 20.9 Å². The van der Waals surface area contributed by atoms with Gasteiger partial charge in [-0.15, -0.1) is 0 Å². The maximum absolute atomic E-state index is 12.0. The molecule has 2 amide bonds. The van der Waals surface area contributed by atoms with Gasteiger partial charge in [0.05, 0.1) is 0 Å². The number of benzene rings is 1. The van der Waals surface area contributed by atoms with E-state index in [0.29, 0.717) is 6.04 Å². The topological polar surface area (TPSA) is 66.0 Å². The van der Waals surface area contributed by atoms with Gasteiger partial charge in [0.1, 0.15) is 0 Å². The normalized spacial score (nSPS) is 14.8. The Kier molecular flexibility index (Phi) is 5.66. The first-order valence-corrected chi connectivity index (χ1v) is 8.60. The zero-order valence-electron chi connectivity index (χ0n) is 13.8. The van der Waals surface area contributed by atoms with E-state index in [0.717, 1.165) is 36.3 Å². The van der Waals surface area contributed by atoms with E-state index in [4.69, 9.17) is 0 Å². The number of pyridine rings is 1. The summed E-state index contributed by atoms with van der Waals surface area (Å²) in [5.74, 6) is 0. The second kappa shape index (κ2) is 8.34. The van der Waals surface area contributed by atoms with Crippen molar-refractivity contribution in [3.8, 4) is 0 Å². The van der Waals surface area contributed by atoms with Gasteiger partial charge in [0, 0.05) is 36.4 Å². The van der Waals surface area contributed by atoms with Crippen molar-refractivity contribution in [3.63, 3.8) is 0 Å². The molecule has 3 N–H and O–H groups in total. The van der Waals surface area contributed by atoms with E-state index in [1.165, 1.54) is 19.3 Å². The molecule has 0 spiro atoms. The molecule has 1 aromatic heterocycles. The number of hydrogen-bond acceptors (Lipinski definition) is 3. The summed E-state index contributed by atoms with van der Waals surface area (Å²) < 4.78 is 0. The molecule has 2 aromatic rings. The highest BCUT2D eigenvalue weighted by Gasteiger charge is 2.15. The fourth-order valence-electron chi connectivity index (χ4n) is 2.98. The van der Waals surface area contributed by atoms with Gasteiger partial charge in [-0.05, 0) is 48.7 Å². The predicted octanol–water partition coefficient (Wildman–Crippen LogP) is 4.15. The van der Waals surface area contributed by atoms with Gasteiger partial charge >= 0.3 is 6.03 Å². The molecule has 0 radical (unpaired) electrons. The minimum Gasteiger partial charge on any atom is -0.381 e. The van der Waals surface area contributed by atoms with Gasteiger partial charge in [-0.1, -0.05) is 25.3 Å². The summed E-state index contributed by atoms with van der Waals surface area (Å²) in [6.45, 7) is 0.725. The van der Waals surface area contributed by atoms with Crippen LogP contribution < -0.4 is 16.0 Å². The number of amides is 2. The summed E-state index contributed by atoms with van der Waals surface area (Å²) in [5, 5.41) is 9.30. The zero-order chi connectivity index (χ0) is 16.6. The van der Waals surface area contributed by atoms with E-state index in [1.807, 2.05) is 42.6 Å². The highest BCUT2D eigenvalue weighted by Crippen LogP contribution is 2.18. The van der Waals surface area contributed by atoms with Crippen molar-refractivity contribution < 1.29 is 4.79 Å². The van der Waals surface area contributed by atoms with E-state index < -0.39 is 0 Å². The summed E-state index contributed by atoms with van der Waals surface area (Å²) in [4.78, 5) is 16.1. The van der Waals surface area contributed by atoms with Gasteiger partial charge in [0.15, 0.2) is 0 Å². The Hall–Kier alpha value is -2.56. The third-order valence-corrected chi connectivity index (χ3v) is 4.30. The van der Waals surface area contributed by atoms with E-state index in [-0.39, 0.29) is 6.03 Å². The lowest BCUT2D eigenvalue weighted by Crippen LogP contribution is -2.38. The molecule has 3 rings (SSSR count). The van der Waals surface area contributed by atoms with Gasteiger partial charge in [-0.2, -0.15) is 0 Å². The van der Waals surface area contributed by atoms with Crippen LogP contribution in [0.3, 0.4) is 0 Å². The quantitative estimate of drug-likeness (QED) is 0.774. The Morgan fingerprint density at radius 1 is 1.04 bits per heavy atom. The molecule has 1 aliphatic rings. The van der Waals surface area contributed by atoms with Crippen LogP contribution in [0, 0.1) is 0 Å². The van der Waals surface area contributed by atoms with Crippen LogP contribution in [-0.4, -0.2) is 17.1 Å². The lowest BCUT2D eigenvalue weighted by atomic mass is 9.96. The third-order valence-electron chi connectivity index (χ3n) is 4.30. The van der Waals surface area contributed by atoms with E-state index >= 15 is 0 Å². The largest absolute Gasteiger partial charge is 0.381 e. The van der Waals surface area contributed by atoms with Crippen molar-refractivity contribution in [1.82, 2.24) is 10.3 Å². The molecule has 0 atom stereocenters. The number of anilines is 2. The molecule has 5 heteroatoms. The fourth-order valence-corrected chi connectivity index (χ4v) is 2.98. The SMILES string of the molecule is O=C(Nc1ccc(NCc2cccnc2)cc1)NC1CCCCC1. The average Bonchev–Trinajstić information content (AvgIpc) is 2.63. The van der Waals surface area contributed by atoms with Gasteiger partial charge in [-0.3, -0.25) is 4.98 Å². The van der Waals surface area contributed by atoms with Crippen LogP contribution in [0.5, 0.6) is 0 Å². The molecule has 24 heavy (non-hydrogen) atoms. The van der Waals surface area contributed by atoms with Crippen LogP contribution in [-0.2, 0) is 6.54 Å². The maximum atomic E-state index is 12.0. The molecular weight excluding hydrogens is 300 g/mol. The second-order valence-corrected chi connectivity index (χ2v) is 6.23. The number of carbonyl (C=O) groups excluding carboxylic acids is 1. The Morgan fingerprint density at radius 3 is 2.50 bits per heavy atom. The van der Waals surface area contributed by atoms with E-state index in [9.17, 15) is 4.79 Å². The number of nitrogens with one attached hydrogen (secondary N) is 3. The predicted molar refractivity (Wildman–Crippen MR) is 97.0 cm³/mol. The minimum absolute atomic E-state index is 0.113. The molecule has 1 aromatic carbocycles. The number of urea groups is 1. The van der Waals surface area contributed by atoms with Crippen molar-refractivity contribution >= 4 is 17.4 Å². The highest BCUT2D eigenvalue weighted by atomic mass is 16.2. The van der Waals surface area contributed by atoms with Gasteiger partial charge in [0.25, 0.3) is 0 Å². The lowest BCUT2D eigenvalue weighted by molar-refractivity contribution is 0.244. The fraction of sp³-hybridized carbons (Fsp3) is 0.368. The Bertz CT molecular complexity index is 636. The first-order valence-electron chi connectivity index (χ1n) is 8.60. The van der Waals surface area contributed by atoms with Gasteiger partial charge in [0.2, 0.25) is 0 Å². The Morgan fingerprint density at radius 2 is 1.79 bits per heavy atom. The smallest absolute Gasteiger partial charge is 0.319 e. The monoisotopic (exact) mass is 324 g/mol. The molecule has 5 nitrogen and oxygen atoms in total. The number of aromatic nitrogens is 1. The number of nitrogens with zero attached hydrogens (tertiary/aromatic N) is 1. The van der Waals surface area contributed by atoms with Crippen LogP contribution in [0.2, 0.25) is 0 Å². The number of carbonyl (C=O) groups is 1. The van der Waals surface area contributed by atoms with Crippen LogP contribution in [0.1, 0.15) is 37.7 Å². The summed E-state index contributed by atoms with van der Waals surface area (Å²) in [6, 6.07) is 11.9. The van der Waals surface area contributed by atoms with Crippen LogP contribution in [0.25, 0.3) is 0 Å². The molecule has 126 valence electrons. The lowest BCUT2D eigenvalue weighted by Gasteiger charge is -2.22. The van der Waals surface area contributed by atoms with Crippen molar-refractivity contribution in [2.45, 2.75) is 44.7 Å². The third kappa shape index (κ3) is 4.98. The summed E-state index contributed by atoms with van der Waals surface area (Å²) >= 11 is 0. The van der Waals surface area contributed by atoms with Crippen LogP contribution >= 0.6 is 0 Å². The first-order chi connectivity index (χ1) is 11.8. The average molecular weight is 324 g/mol. The summed E-state index contributed by atoms with van der Waals surface area (Å²) in [7, 11) is 0. The van der Waals surface area contributed by atoms with Crippen LogP contribution in [0.4, 0.5) is 16.2 Å². The minimum atomic E-state index is -0.113. The van der Waals surface area contributed by atoms with Gasteiger partial charge < -0.3 is 16.0 Å². The van der Waals surface area contributed by atoms with Crippen LogP contribution in [0.15, 0.2) is 48.8 Å². The number of rotatable bonds is 5. The van der Waals surface area contributed by atoms with Gasteiger partial charge in [-0.25, -0.2) is 4.79 Å². The van der Waals surface area contributed by atoms with E-state index in [1.54, 1.807) is 6.20 Å². The highest BCUT2D eigenvalue weighted by molar-refractivity contribution is 5.89. The van der Waals surface area contributed by atoms with Crippen molar-refractivity contribution in [2.75, 3.05) is 10.6 Å². The Labute approximate surface area is 142 Å². The molecular formula is C19H24N4O. The molecule has 1 fully saturated rings. The molecule has 0 aliphatic heterocycles. The maximum Gasteiger partial charge on any atom is 0.319 e. The molecule has 0 bridgehead atoms. The summed E-state index contributed by atoms with van der Waals surface area (Å²) in [6.07, 6.45) is 9.49. The number of hydrogen-bond donors (Lipinski definition) is 3. The molecule has 0 unspecified atom stereocenters. The molecule has 1 aliphatic carbocycles. The molecule has 0 saturated heterocycles. The molecule has 1 heterocycles. The zero-order valence-corrected chi connectivity index (χ0v) is 13.8. The second-order valence-electron chi connectivity index (χ2n) is 6.23. The van der Waals surface area contributed by atoms with Crippen molar-refractivity contribution in [2.24, 2.45) is 0 Å². The Balaban J connectivity index is 1.46. The first kappa shape index (κ1) is 16.3. The molecule has 1 saturated carbocycles. The van der Waals surface area contributed by atoms with Crippen molar-refractivity contribution in [1.29, 1.82) is 0 Å². The standard InChI is InChI=1S/C19H24N4O/c24-19(22-17-6-2-1-3-7-17)23-18-10-8-16(9-11-18)21-14-15-5-4-12-20-13-15/h4-5,8-13,17,21H,1-3,6-7,14H2,(H2,22,23,24). The summed E-state index contributed by atoms with van der Waals surface area (Å²) in [5.41, 5.74) is 2.94.